The van der Waals surface area contributed by atoms with Crippen molar-refractivity contribution >= 4 is 17.6 Å². The molecule has 1 saturated heterocycles. The van der Waals surface area contributed by atoms with Gasteiger partial charge in [-0.1, -0.05) is 59.3 Å². The molecule has 0 aromatic carbocycles. The lowest BCUT2D eigenvalue weighted by Gasteiger charge is -2.40. The third-order valence-corrected chi connectivity index (χ3v) is 6.02. The second-order valence-electron chi connectivity index (χ2n) is 9.30. The number of carbonyl (C=O) groups is 3. The summed E-state index contributed by atoms with van der Waals surface area (Å²) >= 11 is 0. The van der Waals surface area contributed by atoms with E-state index in [1.165, 1.54) is 6.42 Å². The molecule has 34 heavy (non-hydrogen) atoms. The topological polar surface area (TPSA) is 191 Å². The van der Waals surface area contributed by atoms with Crippen LogP contribution >= 0.6 is 0 Å². The highest BCUT2D eigenvalue weighted by Gasteiger charge is 2.44. The maximum Gasteiger partial charge on any atom is 0.237 e. The molecule has 0 aliphatic carbocycles. The Hall–Kier alpha value is -1.63. The smallest absolute Gasteiger partial charge is 0.237 e. The van der Waals surface area contributed by atoms with Crippen molar-refractivity contribution in [2.45, 2.75) is 115 Å². The molecule has 1 heterocycles. The lowest BCUT2D eigenvalue weighted by atomic mass is 9.96. The molecule has 0 radical (unpaired) electrons. The number of nitrogens with one attached hydrogen (secondary N) is 2. The number of ketones is 1. The molecule has 0 aromatic heterocycles. The fourth-order valence-corrected chi connectivity index (χ4v) is 3.80. The predicted molar refractivity (Wildman–Crippen MR) is 124 cm³/mol. The molecule has 2 amide bonds. The number of aliphatic hydroxyl groups is 4. The van der Waals surface area contributed by atoms with Gasteiger partial charge in [-0.05, 0) is 6.42 Å². The third-order valence-electron chi connectivity index (χ3n) is 6.02. The van der Waals surface area contributed by atoms with Gasteiger partial charge in [-0.25, -0.2) is 0 Å². The van der Waals surface area contributed by atoms with E-state index in [-0.39, 0.29) is 5.78 Å². The first-order valence-electron chi connectivity index (χ1n) is 12.2. The summed E-state index contributed by atoms with van der Waals surface area (Å²) in [6.45, 7) is 4.79. The van der Waals surface area contributed by atoms with Crippen molar-refractivity contribution < 1.29 is 39.5 Å². The molecule has 0 spiro atoms. The zero-order valence-corrected chi connectivity index (χ0v) is 20.5. The Balaban J connectivity index is 2.67. The molecule has 8 N–H and O–H groups in total. The van der Waals surface area contributed by atoms with Crippen molar-refractivity contribution in [3.63, 3.8) is 0 Å². The van der Waals surface area contributed by atoms with Crippen LogP contribution in [-0.4, -0.2) is 87.4 Å². The minimum atomic E-state index is -1.65. The van der Waals surface area contributed by atoms with Crippen LogP contribution in [0.5, 0.6) is 0 Å². The highest BCUT2D eigenvalue weighted by Crippen LogP contribution is 2.20. The molecule has 0 saturated carbocycles. The molecule has 1 rings (SSSR count). The van der Waals surface area contributed by atoms with E-state index in [9.17, 15) is 34.8 Å². The van der Waals surface area contributed by atoms with Gasteiger partial charge in [0.15, 0.2) is 12.0 Å². The number of hydrogen-bond donors (Lipinski definition) is 7. The summed E-state index contributed by atoms with van der Waals surface area (Å²) in [5, 5.41) is 44.0. The third kappa shape index (κ3) is 9.55. The Bertz CT molecular complexity index is 646. The summed E-state index contributed by atoms with van der Waals surface area (Å²) in [5.74, 6) is -2.06. The Morgan fingerprint density at radius 1 is 0.971 bits per heavy atom. The standard InChI is InChI=1S/C23H43N3O8/c1-4-5-6-7-8-9-10-14(24)22(33)25-15(18(29)13(2)3)11-17(28)26-23-21(32)20(31)19(30)16(12-27)34-23/h13-16,19-21,23,27,30-32H,4-12,24H2,1-3H3,(H,25,33)(H,26,28)/t14?,15?,16?,19-,20-,21?,23+/m0/s1. The maximum atomic E-state index is 12.6. The van der Waals surface area contributed by atoms with E-state index in [0.29, 0.717) is 6.42 Å². The first kappa shape index (κ1) is 30.4. The fraction of sp³-hybridized carbons (Fsp3) is 0.870. The van der Waals surface area contributed by atoms with Crippen LogP contribution in [0.25, 0.3) is 0 Å². The van der Waals surface area contributed by atoms with Crippen LogP contribution in [0.2, 0.25) is 0 Å². The van der Waals surface area contributed by atoms with E-state index < -0.39 is 73.5 Å². The van der Waals surface area contributed by atoms with Crippen LogP contribution in [0.4, 0.5) is 0 Å². The van der Waals surface area contributed by atoms with Gasteiger partial charge < -0.3 is 41.5 Å². The van der Waals surface area contributed by atoms with Crippen LogP contribution in [0.15, 0.2) is 0 Å². The Labute approximate surface area is 201 Å². The molecule has 198 valence electrons. The van der Waals surface area contributed by atoms with Crippen LogP contribution in [0.3, 0.4) is 0 Å². The number of amides is 2. The number of ether oxygens (including phenoxy) is 1. The number of Topliss-reactive ketones (excluding diaryl/α,β-unsaturated/α-hetero) is 1. The molecule has 1 fully saturated rings. The van der Waals surface area contributed by atoms with E-state index in [1.54, 1.807) is 13.8 Å². The summed E-state index contributed by atoms with van der Waals surface area (Å²) in [6.07, 6.45) is -1.11. The van der Waals surface area contributed by atoms with Crippen molar-refractivity contribution in [3.8, 4) is 0 Å². The van der Waals surface area contributed by atoms with Gasteiger partial charge in [0.1, 0.15) is 24.4 Å². The predicted octanol–water partition coefficient (Wildman–Crippen LogP) is -0.920. The zero-order valence-electron chi connectivity index (χ0n) is 20.5. The summed E-state index contributed by atoms with van der Waals surface area (Å²) in [6, 6.07) is -1.94. The maximum absolute atomic E-state index is 12.6. The average Bonchev–Trinajstić information content (AvgIpc) is 2.80. The Morgan fingerprint density at radius 2 is 1.59 bits per heavy atom. The summed E-state index contributed by atoms with van der Waals surface area (Å²) in [4.78, 5) is 37.8. The van der Waals surface area contributed by atoms with E-state index in [4.69, 9.17) is 10.5 Å². The molecular weight excluding hydrogens is 446 g/mol. The Morgan fingerprint density at radius 3 is 2.18 bits per heavy atom. The van der Waals surface area contributed by atoms with Crippen LogP contribution < -0.4 is 16.4 Å². The first-order valence-corrected chi connectivity index (χ1v) is 12.2. The normalized spacial score (nSPS) is 26.7. The summed E-state index contributed by atoms with van der Waals surface area (Å²) in [5.41, 5.74) is 5.99. The van der Waals surface area contributed by atoms with Crippen molar-refractivity contribution in [1.29, 1.82) is 0 Å². The van der Waals surface area contributed by atoms with Gasteiger partial charge in [0, 0.05) is 5.92 Å². The SMILES string of the molecule is CCCCCCCCC(N)C(=O)NC(CC(=O)N[C@@H]1OC(CO)[C@H](O)[C@H](O)C1O)C(=O)C(C)C. The molecule has 1 aliphatic heterocycles. The van der Waals surface area contributed by atoms with Crippen molar-refractivity contribution in [2.24, 2.45) is 11.7 Å². The lowest BCUT2D eigenvalue weighted by molar-refractivity contribution is -0.236. The van der Waals surface area contributed by atoms with Gasteiger partial charge in [0.2, 0.25) is 11.8 Å². The number of unbranched alkanes of at least 4 members (excludes halogenated alkanes) is 5. The van der Waals surface area contributed by atoms with Crippen LogP contribution in [0.1, 0.15) is 72.1 Å². The molecule has 11 nitrogen and oxygen atoms in total. The summed E-state index contributed by atoms with van der Waals surface area (Å²) in [7, 11) is 0. The van der Waals surface area contributed by atoms with Gasteiger partial charge in [0.25, 0.3) is 0 Å². The number of hydrogen-bond acceptors (Lipinski definition) is 9. The van der Waals surface area contributed by atoms with Gasteiger partial charge in [-0.3, -0.25) is 14.4 Å². The zero-order chi connectivity index (χ0) is 25.8. The van der Waals surface area contributed by atoms with Gasteiger partial charge >= 0.3 is 0 Å². The Kier molecular flexibility index (Phi) is 13.8. The molecule has 7 atom stereocenters. The molecule has 0 aromatic rings. The first-order chi connectivity index (χ1) is 16.0. The van der Waals surface area contributed by atoms with E-state index in [2.05, 4.69) is 17.6 Å². The van der Waals surface area contributed by atoms with E-state index in [1.807, 2.05) is 0 Å². The van der Waals surface area contributed by atoms with E-state index in [0.717, 1.165) is 32.1 Å². The quantitative estimate of drug-likeness (QED) is 0.143. The van der Waals surface area contributed by atoms with Gasteiger partial charge in [-0.2, -0.15) is 0 Å². The molecule has 4 unspecified atom stereocenters. The number of rotatable bonds is 15. The highest BCUT2D eigenvalue weighted by molar-refractivity contribution is 5.95. The van der Waals surface area contributed by atoms with Crippen molar-refractivity contribution in [3.05, 3.63) is 0 Å². The molecular formula is C23H43N3O8. The van der Waals surface area contributed by atoms with Crippen molar-refractivity contribution in [2.75, 3.05) is 6.61 Å². The second-order valence-corrected chi connectivity index (χ2v) is 9.30. The fourth-order valence-electron chi connectivity index (χ4n) is 3.80. The molecule has 0 bridgehead atoms. The second kappa shape index (κ2) is 15.4. The van der Waals surface area contributed by atoms with Crippen LogP contribution in [-0.2, 0) is 19.1 Å². The number of carbonyl (C=O) groups excluding carboxylic acids is 3. The number of aliphatic hydroxyl groups excluding tert-OH is 4. The monoisotopic (exact) mass is 489 g/mol. The highest BCUT2D eigenvalue weighted by atomic mass is 16.6. The average molecular weight is 490 g/mol. The number of nitrogens with two attached hydrogens (primary N) is 1. The van der Waals surface area contributed by atoms with Crippen molar-refractivity contribution in [1.82, 2.24) is 10.6 Å². The summed E-state index contributed by atoms with van der Waals surface area (Å²) < 4.78 is 5.26. The largest absolute Gasteiger partial charge is 0.394 e. The van der Waals surface area contributed by atoms with Gasteiger partial charge in [0.05, 0.1) is 25.1 Å². The minimum Gasteiger partial charge on any atom is -0.394 e. The molecule has 11 heteroatoms. The van der Waals surface area contributed by atoms with Crippen LogP contribution in [0, 0.1) is 5.92 Å². The lowest BCUT2D eigenvalue weighted by Crippen LogP contribution is -2.63. The minimum absolute atomic E-state index is 0.357. The van der Waals surface area contributed by atoms with E-state index >= 15 is 0 Å². The van der Waals surface area contributed by atoms with Gasteiger partial charge in [-0.15, -0.1) is 0 Å². The molecule has 1 aliphatic rings.